The van der Waals surface area contributed by atoms with E-state index in [0.29, 0.717) is 25.3 Å². The Morgan fingerprint density at radius 1 is 1.11 bits per heavy atom. The molecule has 3 atom stereocenters. The van der Waals surface area contributed by atoms with Crippen molar-refractivity contribution in [3.8, 4) is 0 Å². The third-order valence-electron chi connectivity index (χ3n) is 6.01. The fraction of sp³-hybridized carbons (Fsp3) is 0.450. The number of hydrogen-bond donors (Lipinski definition) is 1. The number of hydrogen-bond acceptors (Lipinski definition) is 3. The van der Waals surface area contributed by atoms with E-state index in [1.54, 1.807) is 30.7 Å². The number of carbonyl (C=O) groups excluding carboxylic acids is 1. The number of likely N-dealkylation sites (tertiary alicyclic amines) is 1. The Bertz CT molecular complexity index is 971. The van der Waals surface area contributed by atoms with Crippen molar-refractivity contribution in [1.82, 2.24) is 18.5 Å². The molecular formula is C20H26N4O3S. The first-order valence-electron chi connectivity index (χ1n) is 9.48. The van der Waals surface area contributed by atoms with Gasteiger partial charge in [-0.2, -0.15) is 17.0 Å². The molecule has 8 heteroatoms. The van der Waals surface area contributed by atoms with Crippen LogP contribution in [0.15, 0.2) is 42.6 Å². The fourth-order valence-electron chi connectivity index (χ4n) is 4.57. The molecule has 0 saturated carbocycles. The van der Waals surface area contributed by atoms with E-state index in [2.05, 4.69) is 11.1 Å². The average molecular weight is 403 g/mol. The topological polar surface area (TPSA) is 76.7 Å². The smallest absolute Gasteiger partial charge is 0.281 e. The molecule has 1 amide bonds. The van der Waals surface area contributed by atoms with Gasteiger partial charge in [-0.15, -0.1) is 0 Å². The number of aromatic amines is 1. The normalized spacial score (nSPS) is 25.4. The number of rotatable bonds is 4. The number of H-pyrrole nitrogens is 1. The lowest BCUT2D eigenvalue weighted by atomic mass is 9.87. The van der Waals surface area contributed by atoms with Gasteiger partial charge in [0.05, 0.1) is 6.04 Å². The van der Waals surface area contributed by atoms with Crippen molar-refractivity contribution < 1.29 is 13.2 Å². The van der Waals surface area contributed by atoms with Crippen molar-refractivity contribution in [1.29, 1.82) is 0 Å². The molecule has 0 bridgehead atoms. The van der Waals surface area contributed by atoms with Crippen molar-refractivity contribution in [2.24, 2.45) is 11.8 Å². The maximum Gasteiger partial charge on any atom is 0.281 e. The van der Waals surface area contributed by atoms with Gasteiger partial charge < -0.3 is 9.88 Å². The summed E-state index contributed by atoms with van der Waals surface area (Å²) < 4.78 is 28.1. The summed E-state index contributed by atoms with van der Waals surface area (Å²) >= 11 is 0. The minimum atomic E-state index is -3.46. The molecule has 0 spiro atoms. The van der Waals surface area contributed by atoms with Crippen LogP contribution in [0.5, 0.6) is 0 Å². The molecule has 2 aromatic rings. The third-order valence-corrected chi connectivity index (χ3v) is 7.89. The lowest BCUT2D eigenvalue weighted by Gasteiger charge is -2.31. The molecule has 2 aliphatic rings. The average Bonchev–Trinajstić information content (AvgIpc) is 3.37. The molecule has 3 heterocycles. The summed E-state index contributed by atoms with van der Waals surface area (Å²) in [5, 5.41) is 0. The van der Waals surface area contributed by atoms with Crippen LogP contribution in [0.2, 0.25) is 0 Å². The molecule has 4 rings (SSSR count). The van der Waals surface area contributed by atoms with Gasteiger partial charge in [-0.05, 0) is 36.1 Å². The zero-order valence-corrected chi connectivity index (χ0v) is 17.2. The summed E-state index contributed by atoms with van der Waals surface area (Å²) in [5.41, 5.74) is 2.78. The highest BCUT2D eigenvalue weighted by Gasteiger charge is 2.52. The lowest BCUT2D eigenvalue weighted by Crippen LogP contribution is -2.41. The van der Waals surface area contributed by atoms with E-state index in [9.17, 15) is 13.2 Å². The molecule has 0 radical (unpaired) electrons. The molecule has 7 nitrogen and oxygen atoms in total. The molecular weight excluding hydrogens is 376 g/mol. The molecule has 1 aromatic heterocycles. The predicted octanol–water partition coefficient (Wildman–Crippen LogP) is 1.87. The maximum absolute atomic E-state index is 13.2. The van der Waals surface area contributed by atoms with Gasteiger partial charge in [0.1, 0.15) is 5.69 Å². The van der Waals surface area contributed by atoms with Gasteiger partial charge in [0.2, 0.25) is 0 Å². The van der Waals surface area contributed by atoms with Gasteiger partial charge in [-0.1, -0.05) is 24.3 Å². The Morgan fingerprint density at radius 2 is 1.86 bits per heavy atom. The van der Waals surface area contributed by atoms with Crippen LogP contribution in [0.3, 0.4) is 0 Å². The molecule has 1 N–H and O–H groups in total. The van der Waals surface area contributed by atoms with Gasteiger partial charge in [-0.3, -0.25) is 4.79 Å². The van der Waals surface area contributed by atoms with Gasteiger partial charge in [-0.25, -0.2) is 0 Å². The molecule has 150 valence electrons. The summed E-state index contributed by atoms with van der Waals surface area (Å²) in [7, 11) is -0.341. The van der Waals surface area contributed by atoms with Crippen LogP contribution in [0.4, 0.5) is 0 Å². The monoisotopic (exact) mass is 402 g/mol. The standard InChI is InChI=1S/C20H26N4O3S/c1-14-7-4-5-8-16(14)19-17-13-23(28(26,27)22(2)3)11-15(17)12-24(19)20(25)18-9-6-10-21-18/h4-10,15,17,19,21H,11-13H2,1-3H3/t15-,17-,19+/m0/s1. The second-order valence-electron chi connectivity index (χ2n) is 7.87. The van der Waals surface area contributed by atoms with Crippen molar-refractivity contribution in [2.75, 3.05) is 33.7 Å². The summed E-state index contributed by atoms with van der Waals surface area (Å²) in [6.45, 7) is 3.48. The highest BCUT2D eigenvalue weighted by Crippen LogP contribution is 2.46. The van der Waals surface area contributed by atoms with Crippen LogP contribution in [-0.2, 0) is 10.2 Å². The Labute approximate surface area is 166 Å². The molecule has 2 saturated heterocycles. The summed E-state index contributed by atoms with van der Waals surface area (Å²) in [6, 6.07) is 11.5. The fourth-order valence-corrected chi connectivity index (χ4v) is 5.77. The van der Waals surface area contributed by atoms with E-state index < -0.39 is 10.2 Å². The second-order valence-corrected chi connectivity index (χ2v) is 10.0. The zero-order chi connectivity index (χ0) is 20.1. The quantitative estimate of drug-likeness (QED) is 0.848. The Balaban J connectivity index is 1.70. The van der Waals surface area contributed by atoms with Crippen molar-refractivity contribution in [2.45, 2.75) is 13.0 Å². The molecule has 2 fully saturated rings. The Kier molecular flexibility index (Phi) is 4.81. The maximum atomic E-state index is 13.2. The van der Waals surface area contributed by atoms with Crippen molar-refractivity contribution in [3.05, 3.63) is 59.4 Å². The summed E-state index contributed by atoms with van der Waals surface area (Å²) in [4.78, 5) is 18.1. The van der Waals surface area contributed by atoms with Gasteiger partial charge in [0.25, 0.3) is 16.1 Å². The van der Waals surface area contributed by atoms with Crippen molar-refractivity contribution in [3.63, 3.8) is 0 Å². The highest BCUT2D eigenvalue weighted by atomic mass is 32.2. The van der Waals surface area contributed by atoms with Gasteiger partial charge in [0, 0.05) is 45.8 Å². The third kappa shape index (κ3) is 3.05. The van der Waals surface area contributed by atoms with Crippen LogP contribution in [-0.4, -0.2) is 66.5 Å². The first-order valence-corrected chi connectivity index (χ1v) is 10.9. The van der Waals surface area contributed by atoms with Crippen LogP contribution in [0.1, 0.15) is 27.7 Å². The van der Waals surface area contributed by atoms with Crippen LogP contribution in [0, 0.1) is 18.8 Å². The SMILES string of the molecule is Cc1ccccc1[C@@H]1[C@H]2CN(S(=O)(=O)N(C)C)C[C@H]2CN1C(=O)c1ccc[nH]1. The first-order chi connectivity index (χ1) is 13.3. The number of nitrogens with one attached hydrogen (secondary N) is 1. The summed E-state index contributed by atoms with van der Waals surface area (Å²) in [6.07, 6.45) is 1.75. The van der Waals surface area contributed by atoms with E-state index in [4.69, 9.17) is 0 Å². The minimum Gasteiger partial charge on any atom is -0.357 e. The Morgan fingerprint density at radius 3 is 2.50 bits per heavy atom. The number of fused-ring (bicyclic) bond motifs is 1. The van der Waals surface area contributed by atoms with E-state index in [-0.39, 0.29) is 23.8 Å². The minimum absolute atomic E-state index is 0.0327. The second kappa shape index (κ2) is 7.02. The van der Waals surface area contributed by atoms with E-state index >= 15 is 0 Å². The number of aromatic nitrogens is 1. The van der Waals surface area contributed by atoms with Crippen LogP contribution < -0.4 is 0 Å². The number of amides is 1. The molecule has 0 aliphatic carbocycles. The largest absolute Gasteiger partial charge is 0.357 e. The van der Waals surface area contributed by atoms with Crippen LogP contribution in [0.25, 0.3) is 0 Å². The van der Waals surface area contributed by atoms with E-state index in [0.717, 1.165) is 11.1 Å². The molecule has 28 heavy (non-hydrogen) atoms. The lowest BCUT2D eigenvalue weighted by molar-refractivity contribution is 0.0703. The van der Waals surface area contributed by atoms with E-state index in [1.165, 1.54) is 4.31 Å². The van der Waals surface area contributed by atoms with E-state index in [1.807, 2.05) is 36.1 Å². The van der Waals surface area contributed by atoms with Crippen LogP contribution >= 0.6 is 0 Å². The predicted molar refractivity (Wildman–Crippen MR) is 107 cm³/mol. The molecule has 1 aromatic carbocycles. The Hall–Kier alpha value is -2.16. The highest BCUT2D eigenvalue weighted by molar-refractivity contribution is 7.86. The number of carbonyl (C=O) groups is 1. The van der Waals surface area contributed by atoms with Crippen molar-refractivity contribution >= 4 is 16.1 Å². The molecule has 2 aliphatic heterocycles. The number of benzene rings is 1. The summed E-state index contributed by atoms with van der Waals surface area (Å²) in [5.74, 6) is 0.169. The van der Waals surface area contributed by atoms with Gasteiger partial charge in [0.15, 0.2) is 0 Å². The van der Waals surface area contributed by atoms with Gasteiger partial charge >= 0.3 is 0 Å². The first kappa shape index (κ1) is 19.2. The zero-order valence-electron chi connectivity index (χ0n) is 16.4. The number of aryl methyl sites for hydroxylation is 1. The number of nitrogens with zero attached hydrogens (tertiary/aromatic N) is 3. The molecule has 0 unspecified atom stereocenters.